The largest absolute Gasteiger partial charge is 0.468 e. The van der Waals surface area contributed by atoms with Crippen LogP contribution in [0, 0.1) is 0 Å². The summed E-state index contributed by atoms with van der Waals surface area (Å²) < 4.78 is 74.2. The Hall–Kier alpha value is -8.23. The predicted octanol–water partition coefficient (Wildman–Crippen LogP) is 11.0. The highest BCUT2D eigenvalue weighted by atomic mass is 16.6. The molecule has 2 aliphatic heterocycles. The maximum Gasteiger partial charge on any atom is 0.325 e. The summed E-state index contributed by atoms with van der Waals surface area (Å²) in [5.74, 6) is -1.94. The van der Waals surface area contributed by atoms with E-state index < -0.39 is 91.4 Å². The Morgan fingerprint density at radius 1 is 0.359 bits per heavy atom. The fourth-order valence-electron chi connectivity index (χ4n) is 11.4. The number of ether oxygens (including phenoxy) is 11. The van der Waals surface area contributed by atoms with Crippen LogP contribution in [0.1, 0.15) is 57.3 Å². The average Bonchev–Trinajstić information content (AvgIpc) is 0.831. The predicted molar refractivity (Wildman–Crippen MR) is 346 cm³/mol. The van der Waals surface area contributed by atoms with Gasteiger partial charge in [0.2, 0.25) is 11.8 Å². The topological polar surface area (TPSA) is 177 Å². The van der Waals surface area contributed by atoms with Gasteiger partial charge in [0.05, 0.1) is 91.8 Å². The summed E-state index contributed by atoms with van der Waals surface area (Å²) in [5, 5.41) is 5.80. The molecule has 0 radical (unpaired) electrons. The molecule has 480 valence electrons. The second-order valence-electron chi connectivity index (χ2n) is 22.8. The van der Waals surface area contributed by atoms with Gasteiger partial charge in [-0.25, -0.2) is 0 Å². The van der Waals surface area contributed by atoms with E-state index >= 15 is 4.79 Å². The van der Waals surface area contributed by atoms with Gasteiger partial charge < -0.3 is 62.7 Å². The van der Waals surface area contributed by atoms with Gasteiger partial charge in [0.25, 0.3) is 0 Å². The van der Waals surface area contributed by atoms with Gasteiger partial charge in [-0.3, -0.25) is 14.4 Å². The molecule has 0 saturated carbocycles. The maximum absolute atomic E-state index is 15.4. The van der Waals surface area contributed by atoms with Gasteiger partial charge >= 0.3 is 5.97 Å². The molecule has 11 atom stereocenters. The second-order valence-corrected chi connectivity index (χ2v) is 22.8. The zero-order valence-corrected chi connectivity index (χ0v) is 51.9. The van der Waals surface area contributed by atoms with Crippen LogP contribution in [0.5, 0.6) is 0 Å². The van der Waals surface area contributed by atoms with Crippen LogP contribution in [0.4, 0.5) is 0 Å². The zero-order valence-electron chi connectivity index (χ0n) is 51.9. The average molecular weight is 1250 g/mol. The summed E-state index contributed by atoms with van der Waals surface area (Å²) in [6.45, 7) is 1.23. The third-order valence-corrected chi connectivity index (χ3v) is 16.1. The van der Waals surface area contributed by atoms with Gasteiger partial charge in [-0.05, 0) is 44.5 Å². The van der Waals surface area contributed by atoms with Crippen LogP contribution in [0.25, 0.3) is 0 Å². The van der Waals surface area contributed by atoms with Crippen LogP contribution in [-0.2, 0) is 119 Å². The van der Waals surface area contributed by atoms with Crippen LogP contribution in [0.2, 0.25) is 0 Å². The van der Waals surface area contributed by atoms with E-state index in [0.29, 0.717) is 0 Å². The molecule has 0 bridgehead atoms. The van der Waals surface area contributed by atoms with Crippen molar-refractivity contribution in [1.82, 2.24) is 10.6 Å². The molecule has 10 rings (SSSR count). The molecule has 16 heteroatoms. The first-order chi connectivity index (χ1) is 45.3. The molecule has 16 nitrogen and oxygen atoms in total. The zero-order chi connectivity index (χ0) is 63.4. The standard InChI is InChI=1S/C76H82N2O14/c1-82-69(80)44-77-76(81)63(42-64-70(85-47-57-30-14-4-15-31-57)74(89-51-61-38-22-8-23-39-61)72(87-49-59-34-18-6-19-35-59)66(91-64)53-83-45-55-26-10-2-11-27-55)78-68(79)43-65-71(86-48-58-32-16-5-17-33-58)75(90-52-62-40-24-9-25-41-62)73(88-50-60-36-20-7-21-37-60)67(92-65)54-84-46-56-28-12-3-13-29-56/h2-41,63-67,70-75H,42-54H2,1H3,(H,77,81)(H,78,79)/t63?,64-,65-,66+,67+,70-,71-,72-,73-,74+,75+/m0/s1. The molecule has 0 aromatic heterocycles. The van der Waals surface area contributed by atoms with Crippen molar-refractivity contribution in [2.75, 3.05) is 26.9 Å². The van der Waals surface area contributed by atoms with Crippen LogP contribution < -0.4 is 10.6 Å². The summed E-state index contributed by atoms with van der Waals surface area (Å²) in [4.78, 5) is 43.2. The lowest BCUT2D eigenvalue weighted by atomic mass is 9.90. The van der Waals surface area contributed by atoms with E-state index in [0.717, 1.165) is 44.5 Å². The normalized spacial score (nSPS) is 21.6. The van der Waals surface area contributed by atoms with Gasteiger partial charge in [0, 0.05) is 6.42 Å². The third-order valence-electron chi connectivity index (χ3n) is 16.1. The molecule has 92 heavy (non-hydrogen) atoms. The maximum atomic E-state index is 15.4. The minimum absolute atomic E-state index is 0.0518. The van der Waals surface area contributed by atoms with Crippen molar-refractivity contribution in [3.05, 3.63) is 287 Å². The molecule has 2 aliphatic rings. The molecule has 0 spiro atoms. The summed E-state index contributed by atoms with van der Waals surface area (Å²) >= 11 is 0. The number of amides is 2. The molecule has 8 aromatic rings. The van der Waals surface area contributed by atoms with Crippen LogP contribution in [0.15, 0.2) is 243 Å². The van der Waals surface area contributed by atoms with Crippen LogP contribution in [0.3, 0.4) is 0 Å². The number of carbonyl (C=O) groups is 3. The molecule has 2 fully saturated rings. The minimum Gasteiger partial charge on any atom is -0.468 e. The highest BCUT2D eigenvalue weighted by molar-refractivity contribution is 5.89. The van der Waals surface area contributed by atoms with Gasteiger partial charge in [-0.1, -0.05) is 243 Å². The van der Waals surface area contributed by atoms with Crippen molar-refractivity contribution >= 4 is 17.8 Å². The van der Waals surface area contributed by atoms with E-state index in [1.807, 2.05) is 243 Å². The number of nitrogens with one attached hydrogen (secondary N) is 2. The number of benzene rings is 8. The van der Waals surface area contributed by atoms with Gasteiger partial charge in [0.1, 0.15) is 61.4 Å². The Balaban J connectivity index is 0.996. The number of carbonyl (C=O) groups excluding carboxylic acids is 3. The molecule has 8 aromatic carbocycles. The van der Waals surface area contributed by atoms with Crippen molar-refractivity contribution in [2.45, 2.75) is 133 Å². The van der Waals surface area contributed by atoms with Crippen LogP contribution >= 0.6 is 0 Å². The molecule has 2 N–H and O–H groups in total. The van der Waals surface area contributed by atoms with E-state index in [-0.39, 0.29) is 78.9 Å². The fourth-order valence-corrected chi connectivity index (χ4v) is 11.4. The Kier molecular flexibility index (Phi) is 26.2. The van der Waals surface area contributed by atoms with Crippen molar-refractivity contribution in [2.24, 2.45) is 0 Å². The monoisotopic (exact) mass is 1250 g/mol. The van der Waals surface area contributed by atoms with Crippen LogP contribution in [-0.4, -0.2) is 112 Å². The first-order valence-electron chi connectivity index (χ1n) is 31.4. The van der Waals surface area contributed by atoms with E-state index in [9.17, 15) is 9.59 Å². The number of rotatable bonds is 34. The molecule has 1 unspecified atom stereocenters. The first-order valence-corrected chi connectivity index (χ1v) is 31.4. The molecular formula is C76H82N2O14. The first kappa shape index (κ1) is 66.7. The summed E-state index contributed by atoms with van der Waals surface area (Å²) in [5.41, 5.74) is 7.36. The van der Waals surface area contributed by atoms with Gasteiger partial charge in [-0.2, -0.15) is 0 Å². The number of methoxy groups -OCH3 is 1. The SMILES string of the molecule is COC(=O)CNC(=O)C(C[C@@H]1O[C@H](COCc2ccccc2)[C@H](OCc2ccccc2)[C@H](OCc2ccccc2)[C@H]1OCc1ccccc1)NC(=O)C[C@@H]1O[C@H](COCc2ccccc2)[C@H](OCc2ccccc2)[C@H](OCc2ccccc2)[C@H]1OCc1ccccc1. The Bertz CT molecular complexity index is 3380. The lowest BCUT2D eigenvalue weighted by Crippen LogP contribution is -2.63. The van der Waals surface area contributed by atoms with E-state index in [1.165, 1.54) is 7.11 Å². The van der Waals surface area contributed by atoms with Gasteiger partial charge in [0.15, 0.2) is 0 Å². The van der Waals surface area contributed by atoms with Crippen molar-refractivity contribution in [3.8, 4) is 0 Å². The summed E-state index contributed by atoms with van der Waals surface area (Å²) in [7, 11) is 1.23. The molecule has 2 amide bonds. The lowest BCUT2D eigenvalue weighted by molar-refractivity contribution is -0.274. The van der Waals surface area contributed by atoms with Gasteiger partial charge in [-0.15, -0.1) is 0 Å². The third kappa shape index (κ3) is 20.6. The highest BCUT2D eigenvalue weighted by Crippen LogP contribution is 2.35. The molecule has 2 heterocycles. The highest BCUT2D eigenvalue weighted by Gasteiger charge is 2.51. The quantitative estimate of drug-likeness (QED) is 0.0364. The fraction of sp³-hybridized carbons (Fsp3) is 0.329. The van der Waals surface area contributed by atoms with E-state index in [1.54, 1.807) is 0 Å². The van der Waals surface area contributed by atoms with Crippen molar-refractivity contribution in [1.29, 1.82) is 0 Å². The van der Waals surface area contributed by atoms with E-state index in [4.69, 9.17) is 52.1 Å². The molecule has 2 saturated heterocycles. The minimum atomic E-state index is -1.35. The Labute approximate surface area is 539 Å². The summed E-state index contributed by atoms with van der Waals surface area (Å²) in [6, 6.07) is 77.1. The van der Waals surface area contributed by atoms with E-state index in [2.05, 4.69) is 10.6 Å². The van der Waals surface area contributed by atoms with Crippen molar-refractivity contribution < 1.29 is 66.5 Å². The molecular weight excluding hydrogens is 1160 g/mol. The second kappa shape index (κ2) is 36.1. The Morgan fingerprint density at radius 3 is 0.946 bits per heavy atom. The Morgan fingerprint density at radius 2 is 0.630 bits per heavy atom. The summed E-state index contributed by atoms with van der Waals surface area (Å²) in [6.07, 6.45) is -9.15. The lowest BCUT2D eigenvalue weighted by Gasteiger charge is -2.47. The molecule has 0 aliphatic carbocycles. The number of esters is 1. The smallest absolute Gasteiger partial charge is 0.325 e. The van der Waals surface area contributed by atoms with Crippen molar-refractivity contribution in [3.63, 3.8) is 0 Å². The number of hydrogen-bond donors (Lipinski definition) is 2. The number of hydrogen-bond acceptors (Lipinski definition) is 14.